The zero-order valence-corrected chi connectivity index (χ0v) is 85.9. The van der Waals surface area contributed by atoms with Gasteiger partial charge in [-0.15, -0.1) is 0 Å². The van der Waals surface area contributed by atoms with Crippen LogP contribution in [-0.2, 0) is 86.3 Å². The number of unbranched alkanes of at least 4 members (excludes halogenated alkanes) is 2. The molecule has 0 spiro atoms. The predicted molar refractivity (Wildman–Crippen MR) is 535 cm³/mol. The van der Waals surface area contributed by atoms with Crippen LogP contribution < -0.4 is 138 Å². The fourth-order valence-corrected chi connectivity index (χ4v) is 15.7. The van der Waals surface area contributed by atoms with E-state index in [0.29, 0.717) is 25.7 Å². The van der Waals surface area contributed by atoms with E-state index in [2.05, 4.69) is 89.4 Å². The number of nitrogens with zero attached hydrogens (tertiary/aromatic N) is 4. The van der Waals surface area contributed by atoms with Gasteiger partial charge >= 0.3 is 5.97 Å². The van der Waals surface area contributed by atoms with Crippen LogP contribution in [0.15, 0.2) is 15.0 Å². The van der Waals surface area contributed by atoms with Gasteiger partial charge in [0.15, 0.2) is 17.9 Å². The Bertz CT molecular complexity index is 4100. The van der Waals surface area contributed by atoms with Gasteiger partial charge in [-0.2, -0.15) is 0 Å². The molecule has 0 radical (unpaired) electrons. The van der Waals surface area contributed by atoms with Crippen LogP contribution >= 0.6 is 0 Å². The molecule has 0 unspecified atom stereocenters. The number of hydrogen-bond donors (Lipinski definition) is 26. The van der Waals surface area contributed by atoms with Gasteiger partial charge in [0, 0.05) is 39.0 Å². The topological polar surface area (TPSA) is 822 Å². The standard InChI is InChI=1S/C93H173N29O19/c1-49(2)41-64(114-75(125)57(96)25-21-37-105-91(99)100)84(134)119-67(44-52(7)8)82(132)112-62(28-22-38-106-92(101)102)89(139)122-40-24-30-72(122)88(138)121-71(48-56(15)16)87(137)120-70(47-55(13)14)86(136)118-66(43-51(5)6)81(131)111-61(32-34-74(98)124)79(129)116-69(46-54(11)12)85(135)117-65(42-50(3)4)80(130)109-58(26-17-19-35-94)76(126)110-60(31-33-73(97)123)78(128)108-59(27-18-20-36-95)77(127)115-68(45-53(9)10)83(133)113-63(90(140)141)29-23-39-107-93(103)104/h49-72H,17-48,94-96H2,1-16H3,(H2,97,123)(H2,98,124)(H,108,128)(H,109,130)(H,110,126)(H,111,131)(H,112,132)(H,113,133)(H,114,125)(H,115,127)(H,116,129)(H,117,135)(H,118,136)(H,119,134)(H,120,137)(H,121,138)(H,140,141)(H4,99,100,105)(H4,101,102,106)(H4,103,104,107)/t57-,58-,59-,60-,61-,62-,63-,64-,65-,66-,67-,68-,69-,70-,71-,72-/m0/s1. The second kappa shape index (κ2) is 67.5. The first-order valence-corrected chi connectivity index (χ1v) is 49.7. The molecule has 1 fully saturated rings. The highest BCUT2D eigenvalue weighted by molar-refractivity contribution is 6.01. The maximum absolute atomic E-state index is 15.0. The Morgan fingerprint density at radius 3 is 0.759 bits per heavy atom. The van der Waals surface area contributed by atoms with E-state index >= 15 is 4.79 Å². The van der Waals surface area contributed by atoms with Crippen molar-refractivity contribution in [1.29, 1.82) is 0 Å². The van der Waals surface area contributed by atoms with Crippen molar-refractivity contribution in [3.63, 3.8) is 0 Å². The lowest BCUT2D eigenvalue weighted by Gasteiger charge is -2.32. The number of carboxylic acids is 1. The van der Waals surface area contributed by atoms with Crippen LogP contribution in [0.25, 0.3) is 0 Å². The minimum atomic E-state index is -1.63. The Labute approximate surface area is 830 Å². The molecule has 0 aromatic heterocycles. The van der Waals surface area contributed by atoms with Crippen molar-refractivity contribution in [2.24, 2.45) is 125 Å². The normalized spacial score (nSPS) is 15.7. The number of carbonyl (C=O) groups is 18. The molecule has 37 N–H and O–H groups in total. The maximum Gasteiger partial charge on any atom is 0.326 e. The largest absolute Gasteiger partial charge is 0.480 e. The highest BCUT2D eigenvalue weighted by atomic mass is 16.4. The van der Waals surface area contributed by atoms with Gasteiger partial charge in [-0.1, -0.05) is 111 Å². The van der Waals surface area contributed by atoms with Crippen LogP contribution in [-0.4, -0.2) is 270 Å². The summed E-state index contributed by atoms with van der Waals surface area (Å²) in [7, 11) is 0. The molecule has 48 heteroatoms. The second-order valence-electron chi connectivity index (χ2n) is 40.0. The number of likely N-dealkylation sites (tertiary alicyclic amines) is 1. The number of aliphatic imine (C=N–C) groups is 3. The number of primary amides is 2. The van der Waals surface area contributed by atoms with E-state index in [9.17, 15) is 86.6 Å². The summed E-state index contributed by atoms with van der Waals surface area (Å²) in [4.78, 5) is 269. The van der Waals surface area contributed by atoms with Gasteiger partial charge in [-0.05, 0) is 215 Å². The molecule has 141 heavy (non-hydrogen) atoms. The average molecular weight is 2000 g/mol. The van der Waals surface area contributed by atoms with E-state index in [0.717, 1.165) is 0 Å². The first kappa shape index (κ1) is 127. The Morgan fingerprint density at radius 1 is 0.284 bits per heavy atom. The number of carboxylic acid groups (broad SMARTS) is 1. The minimum Gasteiger partial charge on any atom is -0.480 e. The van der Waals surface area contributed by atoms with Crippen LogP contribution in [0, 0.1) is 47.3 Å². The highest BCUT2D eigenvalue weighted by Crippen LogP contribution is 2.24. The van der Waals surface area contributed by atoms with Crippen LogP contribution in [0.4, 0.5) is 0 Å². The van der Waals surface area contributed by atoms with Crippen molar-refractivity contribution in [2.45, 2.75) is 374 Å². The molecule has 0 saturated carbocycles. The van der Waals surface area contributed by atoms with Gasteiger partial charge in [0.25, 0.3) is 0 Å². The molecular formula is C93H173N29O19. The fraction of sp³-hybridized carbons (Fsp3) is 0.774. The number of nitrogens with one attached hydrogen (secondary N) is 14. The Kier molecular flexibility index (Phi) is 60.9. The van der Waals surface area contributed by atoms with Crippen molar-refractivity contribution < 1.29 is 91.4 Å². The summed E-state index contributed by atoms with van der Waals surface area (Å²) in [5.74, 6) is -18.2. The van der Waals surface area contributed by atoms with Crippen LogP contribution in [0.1, 0.15) is 278 Å². The average Bonchev–Trinajstić information content (AvgIpc) is 1.65. The summed E-state index contributed by atoms with van der Waals surface area (Å²) in [5.41, 5.74) is 62.1. The third-order valence-electron chi connectivity index (χ3n) is 22.8. The van der Waals surface area contributed by atoms with Crippen LogP contribution in [0.5, 0.6) is 0 Å². The molecule has 804 valence electrons. The molecule has 1 heterocycles. The van der Waals surface area contributed by atoms with Crippen molar-refractivity contribution in [3.05, 3.63) is 0 Å². The second-order valence-corrected chi connectivity index (χ2v) is 40.0. The van der Waals surface area contributed by atoms with E-state index in [1.807, 2.05) is 27.7 Å². The van der Waals surface area contributed by atoms with Gasteiger partial charge in [0.1, 0.15) is 90.6 Å². The van der Waals surface area contributed by atoms with Gasteiger partial charge in [-0.25, -0.2) is 4.79 Å². The number of amides is 17. The first-order chi connectivity index (χ1) is 66.0. The summed E-state index contributed by atoms with van der Waals surface area (Å²) >= 11 is 0. The van der Waals surface area contributed by atoms with Gasteiger partial charge in [0.05, 0.1) is 6.04 Å². The number of aliphatic carboxylic acids is 1. The Morgan fingerprint density at radius 2 is 0.504 bits per heavy atom. The van der Waals surface area contributed by atoms with Gasteiger partial charge < -0.3 is 148 Å². The molecule has 1 aliphatic rings. The first-order valence-electron chi connectivity index (χ1n) is 49.7. The summed E-state index contributed by atoms with van der Waals surface area (Å²) in [6, 6.07) is -21.8. The van der Waals surface area contributed by atoms with Crippen molar-refractivity contribution in [2.75, 3.05) is 39.3 Å². The van der Waals surface area contributed by atoms with Crippen LogP contribution in [0.2, 0.25) is 0 Å². The molecular weight excluding hydrogens is 1830 g/mol. The molecule has 17 amide bonds. The summed E-state index contributed by atoms with van der Waals surface area (Å²) in [5, 5.41) is 47.9. The van der Waals surface area contributed by atoms with E-state index < -0.39 is 229 Å². The highest BCUT2D eigenvalue weighted by Gasteiger charge is 2.43. The Balaban J connectivity index is 3.81. The molecule has 1 aliphatic heterocycles. The molecule has 0 bridgehead atoms. The molecule has 48 nitrogen and oxygen atoms in total. The smallest absolute Gasteiger partial charge is 0.326 e. The summed E-state index contributed by atoms with van der Waals surface area (Å²) < 4.78 is 0. The number of carbonyl (C=O) groups excluding carboxylic acids is 17. The van der Waals surface area contributed by atoms with E-state index in [1.165, 1.54) is 4.90 Å². The number of nitrogens with two attached hydrogens (primary N) is 11. The number of rotatable bonds is 72. The molecule has 0 aromatic rings. The molecule has 0 aliphatic carbocycles. The van der Waals surface area contributed by atoms with Crippen LogP contribution in [0.3, 0.4) is 0 Å². The monoisotopic (exact) mass is 2000 g/mol. The van der Waals surface area contributed by atoms with Gasteiger partial charge in [0.2, 0.25) is 100 Å². The molecule has 1 saturated heterocycles. The zero-order valence-electron chi connectivity index (χ0n) is 85.9. The summed E-state index contributed by atoms with van der Waals surface area (Å²) in [6.07, 6.45) is 0.614. The van der Waals surface area contributed by atoms with Gasteiger partial charge in [-0.3, -0.25) is 96.5 Å². The van der Waals surface area contributed by atoms with Crippen molar-refractivity contribution in [1.82, 2.24) is 79.3 Å². The molecule has 16 atom stereocenters. The maximum atomic E-state index is 15.0. The quantitative estimate of drug-likeness (QED) is 0.0160. The molecule has 1 rings (SSSR count). The number of hydrogen-bond acceptors (Lipinski definition) is 24. The Hall–Kier alpha value is -11.8. The number of guanidine groups is 3. The lowest BCUT2D eigenvalue weighted by molar-refractivity contribution is -0.143. The zero-order chi connectivity index (χ0) is 107. The predicted octanol–water partition coefficient (Wildman–Crippen LogP) is -3.50. The van der Waals surface area contributed by atoms with E-state index in [1.54, 1.807) is 83.1 Å². The van der Waals surface area contributed by atoms with E-state index in [-0.39, 0.29) is 220 Å². The summed E-state index contributed by atoms with van der Waals surface area (Å²) in [6.45, 7) is 29.2. The third-order valence-corrected chi connectivity index (χ3v) is 22.8. The lowest BCUT2D eigenvalue weighted by Crippen LogP contribution is -2.61. The molecule has 0 aromatic carbocycles. The SMILES string of the molecule is CC(C)C[C@H](NC(=O)[C@H](CCCCN)NC(=O)[C@H](CCC(N)=O)NC(=O)[C@H](CCCCN)NC(=O)[C@H](CC(C)C)NC(=O)[C@H](CC(C)C)NC(=O)[C@H](CCC(N)=O)NC(=O)[C@H](CC(C)C)NC(=O)[C@H](CC(C)C)NC(=O)[C@H](CC(C)C)NC(=O)[C@@H]1CCCN1C(=O)[C@H](CCCN=C(N)N)NC(=O)[C@H](CC(C)C)NC(=O)[C@H](CC(C)C)NC(=O)[C@@H](N)CCCN=C(N)N)C(=O)N[C@@H](CCCN=C(N)N)C(=O)O. The lowest BCUT2D eigenvalue weighted by atomic mass is 9.98. The van der Waals surface area contributed by atoms with Crippen molar-refractivity contribution in [3.8, 4) is 0 Å². The van der Waals surface area contributed by atoms with E-state index in [4.69, 9.17) is 63.1 Å². The fourth-order valence-electron chi connectivity index (χ4n) is 15.7. The minimum absolute atomic E-state index is 0.0112. The third kappa shape index (κ3) is 53.5. The van der Waals surface area contributed by atoms with Crippen molar-refractivity contribution >= 4 is 124 Å².